The lowest BCUT2D eigenvalue weighted by Gasteiger charge is -2.13. The molecule has 2 aromatic rings. The maximum Gasteiger partial charge on any atom is 0.267 e. The number of rotatable bonds is 5. The van der Waals surface area contributed by atoms with Crippen LogP contribution in [0, 0.1) is 20.8 Å². The van der Waals surface area contributed by atoms with Gasteiger partial charge in [0.05, 0.1) is 6.54 Å². The number of primary amides is 1. The van der Waals surface area contributed by atoms with Gasteiger partial charge in [0.1, 0.15) is 5.69 Å². The average Bonchev–Trinajstić information content (AvgIpc) is 2.49. The highest BCUT2D eigenvalue weighted by molar-refractivity contribution is 5.95. The Labute approximate surface area is 135 Å². The standard InChI is InChI=1S/C17H20N4O2/c1-10-6-11(2)16(12(3)7-10)21-15(22)9-20-13-4-5-19-14(8-13)17(18)23/h4-8H,9H2,1-3H3,(H2,18,23)(H,19,20)(H,21,22). The van der Waals surface area contributed by atoms with Crippen LogP contribution in [0.1, 0.15) is 27.2 Å². The number of amides is 2. The fourth-order valence-corrected chi connectivity index (χ4v) is 2.42. The van der Waals surface area contributed by atoms with Gasteiger partial charge in [-0.05, 0) is 44.0 Å². The highest BCUT2D eigenvalue weighted by Gasteiger charge is 2.09. The summed E-state index contributed by atoms with van der Waals surface area (Å²) in [7, 11) is 0. The topological polar surface area (TPSA) is 97.1 Å². The molecule has 6 nitrogen and oxygen atoms in total. The van der Waals surface area contributed by atoms with Crippen molar-refractivity contribution in [2.75, 3.05) is 17.2 Å². The molecule has 1 aromatic carbocycles. The summed E-state index contributed by atoms with van der Waals surface area (Å²) in [5, 5.41) is 5.86. The van der Waals surface area contributed by atoms with Crippen LogP contribution in [0.4, 0.5) is 11.4 Å². The van der Waals surface area contributed by atoms with E-state index in [1.54, 1.807) is 6.07 Å². The molecule has 23 heavy (non-hydrogen) atoms. The molecule has 0 spiro atoms. The van der Waals surface area contributed by atoms with Gasteiger partial charge >= 0.3 is 0 Å². The Hall–Kier alpha value is -2.89. The normalized spacial score (nSPS) is 10.2. The fourth-order valence-electron chi connectivity index (χ4n) is 2.42. The van der Waals surface area contributed by atoms with Crippen LogP contribution in [0.5, 0.6) is 0 Å². The lowest BCUT2D eigenvalue weighted by molar-refractivity contribution is -0.114. The molecular weight excluding hydrogens is 292 g/mol. The predicted molar refractivity (Wildman–Crippen MR) is 90.5 cm³/mol. The SMILES string of the molecule is Cc1cc(C)c(NC(=O)CNc2ccnc(C(N)=O)c2)c(C)c1. The lowest BCUT2D eigenvalue weighted by Crippen LogP contribution is -2.23. The van der Waals surface area contributed by atoms with Crippen LogP contribution < -0.4 is 16.4 Å². The fraction of sp³-hybridized carbons (Fsp3) is 0.235. The second-order valence-electron chi connectivity index (χ2n) is 5.47. The number of hydrogen-bond donors (Lipinski definition) is 3. The molecular formula is C17H20N4O2. The number of hydrogen-bond acceptors (Lipinski definition) is 4. The number of aryl methyl sites for hydroxylation is 3. The van der Waals surface area contributed by atoms with Gasteiger partial charge in [0.25, 0.3) is 5.91 Å². The maximum atomic E-state index is 12.1. The zero-order valence-corrected chi connectivity index (χ0v) is 13.4. The van der Waals surface area contributed by atoms with E-state index in [0.717, 1.165) is 22.4 Å². The second kappa shape index (κ2) is 6.91. The first kappa shape index (κ1) is 16.5. The summed E-state index contributed by atoms with van der Waals surface area (Å²) in [6.45, 7) is 6.03. The minimum atomic E-state index is -0.607. The average molecular weight is 312 g/mol. The van der Waals surface area contributed by atoms with Crippen LogP contribution in [0.25, 0.3) is 0 Å². The van der Waals surface area contributed by atoms with Crippen molar-refractivity contribution >= 4 is 23.2 Å². The van der Waals surface area contributed by atoms with Crippen molar-refractivity contribution in [2.45, 2.75) is 20.8 Å². The van der Waals surface area contributed by atoms with Gasteiger partial charge in [-0.25, -0.2) is 0 Å². The Bertz CT molecular complexity index is 733. The summed E-state index contributed by atoms with van der Waals surface area (Å²) in [4.78, 5) is 27.1. The van der Waals surface area contributed by atoms with Crippen LogP contribution in [0.3, 0.4) is 0 Å². The highest BCUT2D eigenvalue weighted by atomic mass is 16.2. The lowest BCUT2D eigenvalue weighted by atomic mass is 10.1. The molecule has 2 rings (SSSR count). The van der Waals surface area contributed by atoms with Crippen molar-refractivity contribution in [1.29, 1.82) is 0 Å². The molecule has 1 aromatic heterocycles. The number of nitrogens with two attached hydrogens (primary N) is 1. The minimum Gasteiger partial charge on any atom is -0.376 e. The molecule has 0 saturated heterocycles. The van der Waals surface area contributed by atoms with E-state index in [0.29, 0.717) is 5.69 Å². The van der Waals surface area contributed by atoms with Gasteiger partial charge in [0, 0.05) is 17.6 Å². The third-order valence-electron chi connectivity index (χ3n) is 3.41. The Morgan fingerprint density at radius 2 is 1.78 bits per heavy atom. The van der Waals surface area contributed by atoms with Crippen molar-refractivity contribution in [1.82, 2.24) is 4.98 Å². The Balaban J connectivity index is 2.01. The second-order valence-corrected chi connectivity index (χ2v) is 5.47. The number of nitrogens with zero attached hydrogens (tertiary/aromatic N) is 1. The van der Waals surface area contributed by atoms with E-state index in [9.17, 15) is 9.59 Å². The van der Waals surface area contributed by atoms with Gasteiger partial charge in [-0.1, -0.05) is 17.7 Å². The van der Waals surface area contributed by atoms with Gasteiger partial charge < -0.3 is 16.4 Å². The molecule has 0 unspecified atom stereocenters. The van der Waals surface area contributed by atoms with Crippen molar-refractivity contribution in [3.63, 3.8) is 0 Å². The van der Waals surface area contributed by atoms with E-state index < -0.39 is 5.91 Å². The van der Waals surface area contributed by atoms with Crippen LogP contribution in [0.2, 0.25) is 0 Å². The molecule has 0 fully saturated rings. The third kappa shape index (κ3) is 4.29. The van der Waals surface area contributed by atoms with E-state index in [2.05, 4.69) is 15.6 Å². The molecule has 0 radical (unpaired) electrons. The van der Waals surface area contributed by atoms with Crippen LogP contribution in [-0.2, 0) is 4.79 Å². The number of anilines is 2. The van der Waals surface area contributed by atoms with Gasteiger partial charge in [-0.3, -0.25) is 14.6 Å². The summed E-state index contributed by atoms with van der Waals surface area (Å²) >= 11 is 0. The van der Waals surface area contributed by atoms with Crippen molar-refractivity contribution < 1.29 is 9.59 Å². The molecule has 6 heteroatoms. The summed E-state index contributed by atoms with van der Waals surface area (Å²) in [6.07, 6.45) is 1.47. The summed E-state index contributed by atoms with van der Waals surface area (Å²) in [5.74, 6) is -0.776. The molecule has 1 heterocycles. The van der Waals surface area contributed by atoms with E-state index in [1.807, 2.05) is 32.9 Å². The number of pyridine rings is 1. The summed E-state index contributed by atoms with van der Waals surface area (Å²) in [5.41, 5.74) is 9.98. The smallest absolute Gasteiger partial charge is 0.267 e. The van der Waals surface area contributed by atoms with Gasteiger partial charge in [-0.15, -0.1) is 0 Å². The van der Waals surface area contributed by atoms with Crippen LogP contribution >= 0.6 is 0 Å². The van der Waals surface area contributed by atoms with Gasteiger partial charge in [0.15, 0.2) is 0 Å². The van der Waals surface area contributed by atoms with E-state index in [-0.39, 0.29) is 18.1 Å². The number of carbonyl (C=O) groups excluding carboxylic acids is 2. The molecule has 0 saturated carbocycles. The zero-order valence-electron chi connectivity index (χ0n) is 13.4. The molecule has 4 N–H and O–H groups in total. The monoisotopic (exact) mass is 312 g/mol. The first-order chi connectivity index (χ1) is 10.9. The molecule has 0 aliphatic heterocycles. The van der Waals surface area contributed by atoms with Crippen molar-refractivity contribution in [3.8, 4) is 0 Å². The van der Waals surface area contributed by atoms with Gasteiger partial charge in [-0.2, -0.15) is 0 Å². The minimum absolute atomic E-state index is 0.0783. The molecule has 0 aliphatic rings. The molecule has 120 valence electrons. The van der Waals surface area contributed by atoms with Gasteiger partial charge in [0.2, 0.25) is 5.91 Å². The number of aromatic nitrogens is 1. The molecule has 0 atom stereocenters. The predicted octanol–water partition coefficient (Wildman–Crippen LogP) is 2.16. The number of nitrogens with one attached hydrogen (secondary N) is 2. The molecule has 2 amide bonds. The number of benzene rings is 1. The van der Waals surface area contributed by atoms with E-state index in [1.165, 1.54) is 12.3 Å². The third-order valence-corrected chi connectivity index (χ3v) is 3.41. The van der Waals surface area contributed by atoms with Crippen molar-refractivity contribution in [2.24, 2.45) is 5.73 Å². The summed E-state index contributed by atoms with van der Waals surface area (Å²) in [6, 6.07) is 7.23. The zero-order chi connectivity index (χ0) is 17.0. The summed E-state index contributed by atoms with van der Waals surface area (Å²) < 4.78 is 0. The van der Waals surface area contributed by atoms with Crippen LogP contribution in [0.15, 0.2) is 30.5 Å². The van der Waals surface area contributed by atoms with Crippen LogP contribution in [-0.4, -0.2) is 23.3 Å². The Kier molecular flexibility index (Phi) is 4.95. The molecule has 0 bridgehead atoms. The van der Waals surface area contributed by atoms with E-state index >= 15 is 0 Å². The van der Waals surface area contributed by atoms with Crippen molar-refractivity contribution in [3.05, 3.63) is 52.8 Å². The quantitative estimate of drug-likeness (QED) is 0.788. The number of carbonyl (C=O) groups is 2. The largest absolute Gasteiger partial charge is 0.376 e. The Morgan fingerprint density at radius 3 is 2.39 bits per heavy atom. The maximum absolute atomic E-state index is 12.1. The first-order valence-corrected chi connectivity index (χ1v) is 7.24. The highest BCUT2D eigenvalue weighted by Crippen LogP contribution is 2.21. The first-order valence-electron chi connectivity index (χ1n) is 7.24. The Morgan fingerprint density at radius 1 is 1.13 bits per heavy atom. The van der Waals surface area contributed by atoms with E-state index in [4.69, 9.17) is 5.73 Å². The molecule has 0 aliphatic carbocycles.